The average molecular weight is 454 g/mol. The van der Waals surface area contributed by atoms with E-state index >= 15 is 0 Å². The Hall–Kier alpha value is -2.00. The van der Waals surface area contributed by atoms with Crippen molar-refractivity contribution in [3.05, 3.63) is 58.2 Å². The zero-order chi connectivity index (χ0) is 17.7. The maximum atomic E-state index is 12.5. The highest BCUT2D eigenvalue weighted by atomic mass is 127. The van der Waals surface area contributed by atoms with Crippen LogP contribution in [0.4, 0.5) is 0 Å². The number of thiocarbonyl (C=S) groups is 1. The third-order valence-corrected chi connectivity index (χ3v) is 4.29. The summed E-state index contributed by atoms with van der Waals surface area (Å²) < 4.78 is 6.37. The molecule has 0 radical (unpaired) electrons. The van der Waals surface area contributed by atoms with E-state index in [0.717, 1.165) is 9.13 Å². The van der Waals surface area contributed by atoms with Crippen molar-refractivity contribution in [2.24, 2.45) is 0 Å². The number of rotatable bonds is 6. The van der Waals surface area contributed by atoms with Gasteiger partial charge in [-0.25, -0.2) is 0 Å². The van der Waals surface area contributed by atoms with Crippen LogP contribution in [0.3, 0.4) is 0 Å². The van der Waals surface area contributed by atoms with Crippen molar-refractivity contribution in [1.29, 1.82) is 0 Å². The molecule has 1 aromatic carbocycles. The first-order valence-corrected chi connectivity index (χ1v) is 8.49. The molecule has 1 saturated heterocycles. The Morgan fingerprint density at radius 3 is 2.67 bits per heavy atom. The Kier molecular flexibility index (Phi) is 6.27. The van der Waals surface area contributed by atoms with Crippen molar-refractivity contribution in [3.8, 4) is 5.75 Å². The summed E-state index contributed by atoms with van der Waals surface area (Å²) in [4.78, 5) is 25.8. The lowest BCUT2D eigenvalue weighted by atomic mass is 10.1. The molecule has 24 heavy (non-hydrogen) atoms. The fourth-order valence-corrected chi connectivity index (χ4v) is 2.97. The Morgan fingerprint density at radius 1 is 1.29 bits per heavy atom. The maximum absolute atomic E-state index is 12.5. The monoisotopic (exact) mass is 454 g/mol. The number of amides is 2. The summed E-state index contributed by atoms with van der Waals surface area (Å²) in [5, 5.41) is 2.60. The fraction of sp³-hybridized carbons (Fsp3) is 0.118. The molecular formula is C17H15IN2O3S. The molecule has 0 aliphatic carbocycles. The van der Waals surface area contributed by atoms with E-state index in [1.54, 1.807) is 24.3 Å². The van der Waals surface area contributed by atoms with Crippen LogP contribution in [0.15, 0.2) is 49.1 Å². The molecule has 0 aromatic heterocycles. The largest absolute Gasteiger partial charge is 0.488 e. The number of benzene rings is 1. The van der Waals surface area contributed by atoms with Crippen molar-refractivity contribution in [3.63, 3.8) is 0 Å². The number of nitrogens with zero attached hydrogens (tertiary/aromatic N) is 1. The molecular weight excluding hydrogens is 439 g/mol. The van der Waals surface area contributed by atoms with Gasteiger partial charge in [-0.3, -0.25) is 19.8 Å². The summed E-state index contributed by atoms with van der Waals surface area (Å²) in [7, 11) is 0. The average Bonchev–Trinajstić information content (AvgIpc) is 2.54. The van der Waals surface area contributed by atoms with Crippen LogP contribution in [-0.4, -0.2) is 35.0 Å². The van der Waals surface area contributed by atoms with Crippen molar-refractivity contribution >= 4 is 57.8 Å². The number of halogens is 1. The van der Waals surface area contributed by atoms with E-state index in [9.17, 15) is 9.59 Å². The second-order valence-corrected chi connectivity index (χ2v) is 6.36. The highest BCUT2D eigenvalue weighted by molar-refractivity contribution is 14.1. The molecule has 0 bridgehead atoms. The van der Waals surface area contributed by atoms with Crippen LogP contribution in [0.1, 0.15) is 5.56 Å². The molecule has 0 atom stereocenters. The van der Waals surface area contributed by atoms with Gasteiger partial charge in [0.1, 0.15) is 17.9 Å². The van der Waals surface area contributed by atoms with Crippen LogP contribution in [0.25, 0.3) is 6.08 Å². The van der Waals surface area contributed by atoms with Crippen molar-refractivity contribution in [1.82, 2.24) is 10.2 Å². The molecule has 124 valence electrons. The summed E-state index contributed by atoms with van der Waals surface area (Å²) in [6.45, 7) is 7.84. The van der Waals surface area contributed by atoms with Gasteiger partial charge in [-0.2, -0.15) is 0 Å². The number of ether oxygens (including phenoxy) is 1. The van der Waals surface area contributed by atoms with Crippen LogP contribution in [-0.2, 0) is 9.59 Å². The highest BCUT2D eigenvalue weighted by Gasteiger charge is 2.32. The maximum Gasteiger partial charge on any atom is 0.265 e. The molecule has 2 rings (SSSR count). The van der Waals surface area contributed by atoms with E-state index in [1.165, 1.54) is 11.0 Å². The first-order valence-electron chi connectivity index (χ1n) is 7.01. The number of hydrogen-bond donors (Lipinski definition) is 1. The van der Waals surface area contributed by atoms with Crippen LogP contribution in [0.2, 0.25) is 0 Å². The smallest absolute Gasteiger partial charge is 0.265 e. The fourth-order valence-electron chi connectivity index (χ4n) is 2.03. The van der Waals surface area contributed by atoms with Gasteiger partial charge in [-0.05, 0) is 58.6 Å². The van der Waals surface area contributed by atoms with Gasteiger partial charge in [0.25, 0.3) is 11.8 Å². The molecule has 2 amide bonds. The van der Waals surface area contributed by atoms with Gasteiger partial charge >= 0.3 is 0 Å². The molecule has 1 fully saturated rings. The van der Waals surface area contributed by atoms with E-state index in [1.807, 2.05) is 6.07 Å². The summed E-state index contributed by atoms with van der Waals surface area (Å²) in [6.07, 6.45) is 4.75. The molecule has 1 aliphatic heterocycles. The minimum absolute atomic E-state index is 0.0287. The lowest BCUT2D eigenvalue weighted by Crippen LogP contribution is -2.53. The lowest BCUT2D eigenvalue weighted by Gasteiger charge is -2.27. The van der Waals surface area contributed by atoms with E-state index in [2.05, 4.69) is 41.1 Å². The molecule has 1 heterocycles. The van der Waals surface area contributed by atoms with Gasteiger partial charge in [0, 0.05) is 6.54 Å². The van der Waals surface area contributed by atoms with Crippen LogP contribution < -0.4 is 10.1 Å². The van der Waals surface area contributed by atoms with E-state index in [0.29, 0.717) is 12.4 Å². The van der Waals surface area contributed by atoms with Gasteiger partial charge in [0.2, 0.25) is 0 Å². The lowest BCUT2D eigenvalue weighted by molar-refractivity contribution is -0.128. The zero-order valence-corrected chi connectivity index (χ0v) is 15.7. The number of carbonyl (C=O) groups excluding carboxylic acids is 2. The topological polar surface area (TPSA) is 58.6 Å². The molecule has 1 aliphatic rings. The molecule has 0 unspecified atom stereocenters. The minimum atomic E-state index is -0.507. The summed E-state index contributed by atoms with van der Waals surface area (Å²) in [6, 6.07) is 5.39. The Morgan fingerprint density at radius 2 is 2.04 bits per heavy atom. The SMILES string of the molecule is C=CCOc1ccc(/C=C2\C(=O)NC(=S)N(CC=C)C2=O)cc1I. The zero-order valence-electron chi connectivity index (χ0n) is 12.8. The Bertz CT molecular complexity index is 758. The number of nitrogens with one attached hydrogen (secondary N) is 1. The Balaban J connectivity index is 2.31. The van der Waals surface area contributed by atoms with Gasteiger partial charge in [-0.15, -0.1) is 6.58 Å². The van der Waals surface area contributed by atoms with Gasteiger partial charge in [-0.1, -0.05) is 24.8 Å². The van der Waals surface area contributed by atoms with Crippen molar-refractivity contribution in [2.75, 3.05) is 13.2 Å². The second-order valence-electron chi connectivity index (χ2n) is 4.81. The first-order chi connectivity index (χ1) is 11.5. The third-order valence-electron chi connectivity index (χ3n) is 3.12. The van der Waals surface area contributed by atoms with Crippen LogP contribution in [0, 0.1) is 3.57 Å². The minimum Gasteiger partial charge on any atom is -0.488 e. The van der Waals surface area contributed by atoms with E-state index in [4.69, 9.17) is 17.0 Å². The molecule has 5 nitrogen and oxygen atoms in total. The van der Waals surface area contributed by atoms with Gasteiger partial charge in [0.15, 0.2) is 5.11 Å². The van der Waals surface area contributed by atoms with Gasteiger partial charge < -0.3 is 4.74 Å². The van der Waals surface area contributed by atoms with Crippen molar-refractivity contribution < 1.29 is 14.3 Å². The third kappa shape index (κ3) is 4.09. The number of hydrogen-bond acceptors (Lipinski definition) is 4. The highest BCUT2D eigenvalue weighted by Crippen LogP contribution is 2.24. The number of carbonyl (C=O) groups is 2. The second kappa shape index (κ2) is 8.20. The normalized spacial score (nSPS) is 16.1. The van der Waals surface area contributed by atoms with E-state index < -0.39 is 11.8 Å². The standard InChI is InChI=1S/C17H15IN2O3S/c1-3-7-20-16(22)12(15(21)19-17(20)24)9-11-5-6-14(13(18)10-11)23-8-4-2/h3-6,9-10H,1-2,7-8H2,(H,19,21,24)/b12-9+. The van der Waals surface area contributed by atoms with Gasteiger partial charge in [0.05, 0.1) is 3.57 Å². The van der Waals surface area contributed by atoms with Crippen LogP contribution >= 0.6 is 34.8 Å². The Labute approximate surface area is 159 Å². The molecule has 1 aromatic rings. The van der Waals surface area contributed by atoms with E-state index in [-0.39, 0.29) is 17.2 Å². The molecule has 0 spiro atoms. The summed E-state index contributed by atoms with van der Waals surface area (Å²) in [5.41, 5.74) is 0.747. The quantitative estimate of drug-likeness (QED) is 0.236. The first kappa shape index (κ1) is 18.3. The predicted molar refractivity (Wildman–Crippen MR) is 105 cm³/mol. The molecule has 7 heteroatoms. The predicted octanol–water partition coefficient (Wildman–Crippen LogP) is 2.67. The van der Waals surface area contributed by atoms with Crippen molar-refractivity contribution in [2.45, 2.75) is 0 Å². The summed E-state index contributed by atoms with van der Waals surface area (Å²) >= 11 is 7.15. The molecule has 0 saturated carbocycles. The van der Waals surface area contributed by atoms with Crippen LogP contribution in [0.5, 0.6) is 5.75 Å². The molecule has 1 N–H and O–H groups in total. The summed E-state index contributed by atoms with van der Waals surface area (Å²) in [5.74, 6) is -0.232.